The van der Waals surface area contributed by atoms with Crippen LogP contribution in [-0.4, -0.2) is 3.21 Å². The summed E-state index contributed by atoms with van der Waals surface area (Å²) in [6, 6.07) is 71.4. The average molecular weight is 843 g/mol. The second-order valence-electron chi connectivity index (χ2n) is 14.5. The molecule has 0 aromatic heterocycles. The summed E-state index contributed by atoms with van der Waals surface area (Å²) in [5.41, 5.74) is 19.7. The number of halogens is 2. The Morgan fingerprint density at radius 2 is 0.857 bits per heavy atom. The van der Waals surface area contributed by atoms with Gasteiger partial charge < -0.3 is 24.8 Å². The van der Waals surface area contributed by atoms with Gasteiger partial charge in [-0.2, -0.15) is 0 Å². The number of benzene rings is 7. The zero-order valence-electron chi connectivity index (χ0n) is 31.9. The van der Waals surface area contributed by atoms with Crippen molar-refractivity contribution in [1.82, 2.24) is 0 Å². The summed E-state index contributed by atoms with van der Waals surface area (Å²) in [5, 5.41) is 0. The van der Waals surface area contributed by atoms with Gasteiger partial charge in [-0.3, -0.25) is 0 Å². The van der Waals surface area contributed by atoms with E-state index < -0.39 is 21.3 Å². The molecule has 56 heavy (non-hydrogen) atoms. The molecule has 2 aliphatic carbocycles. The predicted molar refractivity (Wildman–Crippen MR) is 226 cm³/mol. The maximum atomic E-state index is 2.58. The molecule has 0 radical (unpaired) electrons. The molecular weight excluding hydrogens is 799 g/mol. The van der Waals surface area contributed by atoms with Crippen LogP contribution in [0.25, 0.3) is 27.8 Å². The van der Waals surface area contributed by atoms with Gasteiger partial charge in [-0.15, -0.1) is 0 Å². The van der Waals surface area contributed by atoms with Crippen LogP contribution in [0.1, 0.15) is 74.0 Å². The zero-order valence-corrected chi connectivity index (χ0v) is 35.8. The van der Waals surface area contributed by atoms with Crippen molar-refractivity contribution in [2.24, 2.45) is 0 Å². The third kappa shape index (κ3) is 7.34. The first-order valence-electron chi connectivity index (χ1n) is 19.5. The Labute approximate surface area is 352 Å². The van der Waals surface area contributed by atoms with E-state index in [9.17, 15) is 0 Å². The first-order chi connectivity index (χ1) is 26.7. The summed E-state index contributed by atoms with van der Waals surface area (Å²) in [6.45, 7) is 4.60. The minimum atomic E-state index is -3.19. The van der Waals surface area contributed by atoms with E-state index in [1.807, 2.05) is 0 Å². The van der Waals surface area contributed by atoms with Crippen molar-refractivity contribution in [2.75, 3.05) is 0 Å². The van der Waals surface area contributed by atoms with Crippen LogP contribution in [-0.2, 0) is 34.1 Å². The number of hydrogen-bond acceptors (Lipinski definition) is 0. The molecule has 0 saturated heterocycles. The molecule has 0 aliphatic heterocycles. The predicted octanol–water partition coefficient (Wildman–Crippen LogP) is 7.20. The van der Waals surface area contributed by atoms with Crippen LogP contribution in [0.15, 0.2) is 191 Å². The van der Waals surface area contributed by atoms with Crippen LogP contribution in [0.3, 0.4) is 0 Å². The Morgan fingerprint density at radius 1 is 0.464 bits per heavy atom. The van der Waals surface area contributed by atoms with Crippen LogP contribution in [0.5, 0.6) is 0 Å². The van der Waals surface area contributed by atoms with Crippen molar-refractivity contribution in [1.29, 1.82) is 0 Å². The van der Waals surface area contributed by atoms with Gasteiger partial charge >= 0.3 is 330 Å². The van der Waals surface area contributed by atoms with E-state index in [4.69, 9.17) is 0 Å². The quantitative estimate of drug-likeness (QED) is 0.144. The minimum absolute atomic E-state index is 0. The zero-order chi connectivity index (χ0) is 36.4. The van der Waals surface area contributed by atoms with E-state index in [-0.39, 0.29) is 24.8 Å². The summed E-state index contributed by atoms with van der Waals surface area (Å²) >= 11 is -3.19. The number of allylic oxidation sites excluding steroid dienone is 4. The first-order valence-corrected chi connectivity index (χ1v) is 23.4. The van der Waals surface area contributed by atoms with Crippen molar-refractivity contribution in [2.45, 2.75) is 36.7 Å². The van der Waals surface area contributed by atoms with E-state index in [0.717, 1.165) is 19.3 Å². The third-order valence-corrected chi connectivity index (χ3v) is 19.8. The molecule has 274 valence electrons. The minimum Gasteiger partial charge on any atom is -1.00 e. The molecule has 0 nitrogen and oxygen atoms in total. The Kier molecular flexibility index (Phi) is 12.5. The molecule has 0 amide bonds. The van der Waals surface area contributed by atoms with Gasteiger partial charge in [-0.1, -0.05) is 0 Å². The van der Waals surface area contributed by atoms with Crippen LogP contribution in [0.4, 0.5) is 0 Å². The fourth-order valence-electron chi connectivity index (χ4n) is 8.89. The van der Waals surface area contributed by atoms with E-state index in [2.05, 4.69) is 202 Å². The molecule has 0 bridgehead atoms. The standard InChI is InChI=1S/C23H17.C17H17.C13H10.2ClH.Zr/c1-4-10-18(11-5-1)21-16-17-22(19-12-6-2-7-13-19)23(21)20-14-8-3-9-15-20;1-3-12-5-7-16-14(9-12)11-15-10-13(4-2)6-8-17(15)16;1-3-7-12(8-4-1)11-13-9-5-2-6-10-13;;;/h1-15H,16H2;5-11H,3-4H2,1-2H3;1-10H;2*1H;/q;;;;;+2/p-2. The molecule has 0 fully saturated rings. The fraction of sp³-hybridized carbons (Fsp3) is 0.113. The number of aryl methyl sites for hydroxylation is 2. The number of hydrogen-bond donors (Lipinski definition) is 0. The Bertz CT molecular complexity index is 2460. The van der Waals surface area contributed by atoms with Gasteiger partial charge in [0.05, 0.1) is 0 Å². The summed E-state index contributed by atoms with van der Waals surface area (Å²) in [4.78, 5) is 0. The Hall–Kier alpha value is -4.65. The second kappa shape index (κ2) is 17.7. The molecule has 7 aromatic carbocycles. The average Bonchev–Trinajstić information content (AvgIpc) is 3.80. The smallest absolute Gasteiger partial charge is 1.00 e. The first kappa shape index (κ1) is 39.6. The Morgan fingerprint density at radius 3 is 1.29 bits per heavy atom. The SMILES string of the molecule is CCc1ccc2c(c1)[CH]([Zr+2]([C]1=C(c3ccccc3)C(c3ccccc3)=C(c3ccccc3)C1)=[C](c1ccccc1)c1ccccc1)c1cc(CC)ccc1-2.[Cl-].[Cl-]. The van der Waals surface area contributed by atoms with Gasteiger partial charge in [0, 0.05) is 0 Å². The van der Waals surface area contributed by atoms with Gasteiger partial charge in [-0.25, -0.2) is 0 Å². The molecule has 0 spiro atoms. The molecule has 2 aliphatic rings. The van der Waals surface area contributed by atoms with Crippen molar-refractivity contribution < 1.29 is 46.1 Å². The molecule has 0 atom stereocenters. The summed E-state index contributed by atoms with van der Waals surface area (Å²) in [5.74, 6) is 0. The number of rotatable bonds is 9. The molecule has 9 rings (SSSR count). The molecular formula is C53H44Cl2Zr. The van der Waals surface area contributed by atoms with Crippen molar-refractivity contribution >= 4 is 19.9 Å². The topological polar surface area (TPSA) is 0 Å². The Balaban J connectivity index is 0.00000240. The second-order valence-corrected chi connectivity index (χ2v) is 20.7. The third-order valence-electron chi connectivity index (χ3n) is 11.4. The normalized spacial score (nSPS) is 12.9. The maximum Gasteiger partial charge on any atom is -1.00 e. The number of fused-ring (bicyclic) bond motifs is 3. The summed E-state index contributed by atoms with van der Waals surface area (Å²) in [7, 11) is 0. The van der Waals surface area contributed by atoms with Gasteiger partial charge in [0.25, 0.3) is 0 Å². The molecule has 0 saturated carbocycles. The van der Waals surface area contributed by atoms with Crippen molar-refractivity contribution in [3.05, 3.63) is 241 Å². The fourth-order valence-corrected chi connectivity index (χ4v) is 18.5. The van der Waals surface area contributed by atoms with Gasteiger partial charge in [0.2, 0.25) is 0 Å². The van der Waals surface area contributed by atoms with E-state index in [1.54, 1.807) is 6.49 Å². The summed E-state index contributed by atoms with van der Waals surface area (Å²) in [6.07, 6.45) is 3.00. The monoisotopic (exact) mass is 840 g/mol. The largest absolute Gasteiger partial charge is 1.00 e. The van der Waals surface area contributed by atoms with Crippen LogP contribution in [0.2, 0.25) is 0 Å². The summed E-state index contributed by atoms with van der Waals surface area (Å²) < 4.78 is 3.57. The van der Waals surface area contributed by atoms with Gasteiger partial charge in [0.15, 0.2) is 0 Å². The van der Waals surface area contributed by atoms with Crippen LogP contribution < -0.4 is 24.8 Å². The molecule has 7 aromatic rings. The van der Waals surface area contributed by atoms with E-state index in [1.165, 1.54) is 77.9 Å². The van der Waals surface area contributed by atoms with Gasteiger partial charge in [0.1, 0.15) is 0 Å². The molecule has 0 heterocycles. The van der Waals surface area contributed by atoms with E-state index >= 15 is 0 Å². The molecule has 0 N–H and O–H groups in total. The van der Waals surface area contributed by atoms with Crippen LogP contribution >= 0.6 is 0 Å². The van der Waals surface area contributed by atoms with Crippen LogP contribution in [0, 0.1) is 0 Å². The maximum absolute atomic E-state index is 3.19. The molecule has 0 unspecified atom stereocenters. The molecule has 3 heteroatoms. The van der Waals surface area contributed by atoms with Gasteiger partial charge in [-0.05, 0) is 0 Å². The van der Waals surface area contributed by atoms with E-state index in [0.29, 0.717) is 3.63 Å². The van der Waals surface area contributed by atoms with Crippen molar-refractivity contribution in [3.8, 4) is 11.1 Å². The van der Waals surface area contributed by atoms with Crippen molar-refractivity contribution in [3.63, 3.8) is 0 Å².